The number of rotatable bonds is 6. The summed E-state index contributed by atoms with van der Waals surface area (Å²) >= 11 is 0. The second-order valence-corrected chi connectivity index (χ2v) is 6.87. The molecule has 0 saturated heterocycles. The van der Waals surface area contributed by atoms with E-state index in [0.29, 0.717) is 12.1 Å². The van der Waals surface area contributed by atoms with Gasteiger partial charge in [-0.2, -0.15) is 23.0 Å². The third kappa shape index (κ3) is 4.78. The number of carbonyl (C=O) groups is 1. The first-order chi connectivity index (χ1) is 15.4. The summed E-state index contributed by atoms with van der Waals surface area (Å²) in [6.45, 7) is 1.36. The molecule has 174 valence electrons. The van der Waals surface area contributed by atoms with Crippen molar-refractivity contribution >= 4 is 11.6 Å². The lowest BCUT2D eigenvalue weighted by Crippen LogP contribution is -2.31. The van der Waals surface area contributed by atoms with Crippen LogP contribution in [-0.2, 0) is 6.18 Å². The summed E-state index contributed by atoms with van der Waals surface area (Å²) < 4.78 is 66.8. The molecule has 0 N–H and O–H groups in total. The van der Waals surface area contributed by atoms with Crippen molar-refractivity contribution in [2.24, 2.45) is 0 Å². The lowest BCUT2D eigenvalue weighted by molar-refractivity contribution is -0.386. The molecule has 0 aliphatic rings. The lowest BCUT2D eigenvalue weighted by Gasteiger charge is -2.25. The Kier molecular flexibility index (Phi) is 6.37. The first-order valence-electron chi connectivity index (χ1n) is 9.19. The maximum Gasteiger partial charge on any atom is 0.416 e. The summed E-state index contributed by atoms with van der Waals surface area (Å²) in [5.41, 5.74) is -3.68. The van der Waals surface area contributed by atoms with Gasteiger partial charge in [0.1, 0.15) is 11.9 Å². The molecule has 0 fully saturated rings. The lowest BCUT2D eigenvalue weighted by atomic mass is 10.0. The summed E-state index contributed by atoms with van der Waals surface area (Å²) in [6, 6.07) is 1.72. The molecule has 1 aromatic carbocycles. The SMILES string of the molecule is CC(c1c([N+](=O)[O-])cnn1-c1ncccn1)N(C)C(=O)c1cc(C(F)F)cc(C(F)(F)F)c1. The molecule has 0 radical (unpaired) electrons. The monoisotopic (exact) mass is 470 g/mol. The summed E-state index contributed by atoms with van der Waals surface area (Å²) in [4.78, 5) is 32.5. The van der Waals surface area contributed by atoms with E-state index < -0.39 is 51.9 Å². The summed E-state index contributed by atoms with van der Waals surface area (Å²) in [7, 11) is 1.17. The van der Waals surface area contributed by atoms with Crippen LogP contribution in [0.4, 0.5) is 27.6 Å². The van der Waals surface area contributed by atoms with E-state index in [2.05, 4.69) is 15.1 Å². The normalized spacial score (nSPS) is 12.6. The number of carbonyl (C=O) groups excluding carboxylic acids is 1. The van der Waals surface area contributed by atoms with Gasteiger partial charge in [0, 0.05) is 30.6 Å². The van der Waals surface area contributed by atoms with E-state index in [4.69, 9.17) is 0 Å². The fraction of sp³-hybridized carbons (Fsp3) is 0.263. The maximum absolute atomic E-state index is 13.2. The van der Waals surface area contributed by atoms with Crippen LogP contribution in [0.15, 0.2) is 42.9 Å². The van der Waals surface area contributed by atoms with Gasteiger partial charge in [0.25, 0.3) is 18.3 Å². The van der Waals surface area contributed by atoms with Gasteiger partial charge in [0.2, 0.25) is 0 Å². The standard InChI is InChI=1S/C19H15F5N6O3/c1-10(15-14(30(32)33)9-27-29(15)18-25-4-3-5-26-18)28(2)17(31)12-6-11(16(20)21)7-13(8-12)19(22,23)24/h3-10,16H,1-2H3. The van der Waals surface area contributed by atoms with Gasteiger partial charge in [-0.1, -0.05) is 0 Å². The van der Waals surface area contributed by atoms with E-state index in [1.165, 1.54) is 32.4 Å². The molecule has 1 unspecified atom stereocenters. The van der Waals surface area contributed by atoms with Crippen molar-refractivity contribution in [3.8, 4) is 5.95 Å². The zero-order valence-corrected chi connectivity index (χ0v) is 17.0. The zero-order chi connectivity index (χ0) is 24.5. The maximum atomic E-state index is 13.2. The number of hydrogen-bond acceptors (Lipinski definition) is 6. The third-order valence-electron chi connectivity index (χ3n) is 4.80. The molecular weight excluding hydrogens is 455 g/mol. The van der Waals surface area contributed by atoms with E-state index in [0.717, 1.165) is 15.8 Å². The third-order valence-corrected chi connectivity index (χ3v) is 4.80. The molecule has 0 aliphatic carbocycles. The number of nitro groups is 1. The van der Waals surface area contributed by atoms with E-state index in [1.807, 2.05) is 0 Å². The van der Waals surface area contributed by atoms with Crippen LogP contribution >= 0.6 is 0 Å². The molecule has 0 aliphatic heterocycles. The van der Waals surface area contributed by atoms with Gasteiger partial charge < -0.3 is 4.90 Å². The number of hydrogen-bond donors (Lipinski definition) is 0. The number of aromatic nitrogens is 4. The van der Waals surface area contributed by atoms with Crippen LogP contribution in [0, 0.1) is 10.1 Å². The Morgan fingerprint density at radius 2 is 1.82 bits per heavy atom. The summed E-state index contributed by atoms with van der Waals surface area (Å²) in [5.74, 6) is -1.11. The minimum absolute atomic E-state index is 0.0487. The fourth-order valence-corrected chi connectivity index (χ4v) is 3.07. The van der Waals surface area contributed by atoms with Crippen molar-refractivity contribution in [2.45, 2.75) is 25.6 Å². The number of halogens is 5. The van der Waals surface area contributed by atoms with E-state index in [-0.39, 0.29) is 17.7 Å². The summed E-state index contributed by atoms with van der Waals surface area (Å²) in [5, 5.41) is 15.4. The predicted octanol–water partition coefficient (Wildman–Crippen LogP) is 4.36. The minimum Gasteiger partial charge on any atom is -0.333 e. The number of nitrogens with zero attached hydrogens (tertiary/aromatic N) is 6. The Balaban J connectivity index is 2.06. The second kappa shape index (κ2) is 8.88. The molecule has 0 saturated carbocycles. The fourth-order valence-electron chi connectivity index (χ4n) is 3.07. The molecule has 3 rings (SSSR count). The Labute approximate surface area is 182 Å². The first kappa shape index (κ1) is 23.7. The quantitative estimate of drug-likeness (QED) is 0.301. The van der Waals surface area contributed by atoms with Crippen LogP contribution in [-0.4, -0.2) is 42.5 Å². The number of benzene rings is 1. The highest BCUT2D eigenvalue weighted by Gasteiger charge is 2.35. The van der Waals surface area contributed by atoms with Crippen molar-refractivity contribution in [3.05, 3.63) is 75.4 Å². The largest absolute Gasteiger partial charge is 0.416 e. The topological polar surface area (TPSA) is 107 Å². The molecule has 3 aromatic rings. The van der Waals surface area contributed by atoms with Gasteiger partial charge in [0.05, 0.1) is 16.5 Å². The highest BCUT2D eigenvalue weighted by Crippen LogP contribution is 2.35. The van der Waals surface area contributed by atoms with Crippen LogP contribution in [0.2, 0.25) is 0 Å². The zero-order valence-electron chi connectivity index (χ0n) is 17.0. The van der Waals surface area contributed by atoms with Crippen LogP contribution < -0.4 is 0 Å². The number of amides is 1. The number of alkyl halides is 5. The molecule has 0 spiro atoms. The van der Waals surface area contributed by atoms with Gasteiger partial charge in [-0.25, -0.2) is 18.7 Å². The average Bonchev–Trinajstić information content (AvgIpc) is 3.22. The Bertz CT molecular complexity index is 1180. The van der Waals surface area contributed by atoms with Crippen molar-refractivity contribution in [2.75, 3.05) is 7.05 Å². The van der Waals surface area contributed by atoms with Gasteiger partial charge >= 0.3 is 11.9 Å². The summed E-state index contributed by atoms with van der Waals surface area (Å²) in [6.07, 6.45) is -4.59. The van der Waals surface area contributed by atoms with Gasteiger partial charge in [-0.05, 0) is 31.2 Å². The molecule has 9 nitrogen and oxygen atoms in total. The molecular formula is C19H15F5N6O3. The van der Waals surface area contributed by atoms with Gasteiger partial charge in [0.15, 0.2) is 0 Å². The Morgan fingerprint density at radius 1 is 1.18 bits per heavy atom. The van der Waals surface area contributed by atoms with E-state index in [1.54, 1.807) is 0 Å². The van der Waals surface area contributed by atoms with Crippen LogP contribution in [0.1, 0.15) is 46.6 Å². The second-order valence-electron chi connectivity index (χ2n) is 6.87. The van der Waals surface area contributed by atoms with Crippen molar-refractivity contribution in [1.29, 1.82) is 0 Å². The van der Waals surface area contributed by atoms with Gasteiger partial charge in [-0.3, -0.25) is 14.9 Å². The average molecular weight is 470 g/mol. The molecule has 1 amide bonds. The molecule has 2 aromatic heterocycles. The van der Waals surface area contributed by atoms with Crippen LogP contribution in [0.3, 0.4) is 0 Å². The predicted molar refractivity (Wildman–Crippen MR) is 103 cm³/mol. The van der Waals surface area contributed by atoms with Gasteiger partial charge in [-0.15, -0.1) is 0 Å². The Morgan fingerprint density at radius 3 is 2.36 bits per heavy atom. The van der Waals surface area contributed by atoms with E-state index >= 15 is 0 Å². The molecule has 2 heterocycles. The molecule has 14 heteroatoms. The molecule has 1 atom stereocenters. The molecule has 0 bridgehead atoms. The van der Waals surface area contributed by atoms with Crippen molar-refractivity contribution < 1.29 is 31.7 Å². The highest BCUT2D eigenvalue weighted by molar-refractivity contribution is 5.94. The van der Waals surface area contributed by atoms with E-state index in [9.17, 15) is 36.9 Å². The molecule has 33 heavy (non-hydrogen) atoms. The highest BCUT2D eigenvalue weighted by atomic mass is 19.4. The van der Waals surface area contributed by atoms with Crippen LogP contribution in [0.25, 0.3) is 5.95 Å². The first-order valence-corrected chi connectivity index (χ1v) is 9.19. The van der Waals surface area contributed by atoms with Crippen LogP contribution in [0.5, 0.6) is 0 Å². The Hall–Kier alpha value is -3.97. The smallest absolute Gasteiger partial charge is 0.333 e. The van der Waals surface area contributed by atoms with Crippen molar-refractivity contribution in [3.63, 3.8) is 0 Å². The van der Waals surface area contributed by atoms with Crippen molar-refractivity contribution in [1.82, 2.24) is 24.6 Å². The minimum atomic E-state index is -4.97.